The standard InChI is InChI=1S/C22H22FNO4/c1-14-9-16(7-8-17(14)23)21-11-22(12-21,13-21)18(19(25)26)24-20(27)28-10-15-5-3-2-4-6-15/h2-9,18H,10-13H2,1H3,(H,24,27)(H,25,26). The maximum Gasteiger partial charge on any atom is 0.408 e. The molecule has 3 aliphatic carbocycles. The van der Waals surface area contributed by atoms with Crippen LogP contribution in [-0.2, 0) is 21.6 Å². The largest absolute Gasteiger partial charge is 0.480 e. The van der Waals surface area contributed by atoms with Crippen LogP contribution >= 0.6 is 0 Å². The predicted octanol–water partition coefficient (Wildman–Crippen LogP) is 3.94. The van der Waals surface area contributed by atoms with Gasteiger partial charge in [-0.05, 0) is 54.4 Å². The highest BCUT2D eigenvalue weighted by Crippen LogP contribution is 2.75. The topological polar surface area (TPSA) is 75.6 Å². The Labute approximate surface area is 162 Å². The Balaban J connectivity index is 1.38. The third-order valence-corrected chi connectivity index (χ3v) is 6.18. The van der Waals surface area contributed by atoms with Gasteiger partial charge in [-0.15, -0.1) is 0 Å². The Bertz CT molecular complexity index is 908. The van der Waals surface area contributed by atoms with E-state index >= 15 is 0 Å². The van der Waals surface area contributed by atoms with Crippen LogP contribution in [0.25, 0.3) is 0 Å². The minimum Gasteiger partial charge on any atom is -0.480 e. The molecule has 2 bridgehead atoms. The summed E-state index contributed by atoms with van der Waals surface area (Å²) in [6.07, 6.45) is 1.27. The van der Waals surface area contributed by atoms with Crippen molar-refractivity contribution in [2.45, 2.75) is 44.2 Å². The molecule has 3 fully saturated rings. The van der Waals surface area contributed by atoms with E-state index in [1.165, 1.54) is 6.07 Å². The van der Waals surface area contributed by atoms with Gasteiger partial charge in [0, 0.05) is 5.41 Å². The first-order valence-corrected chi connectivity index (χ1v) is 9.30. The van der Waals surface area contributed by atoms with Crippen LogP contribution in [0.5, 0.6) is 0 Å². The zero-order valence-electron chi connectivity index (χ0n) is 15.6. The van der Waals surface area contributed by atoms with Crippen LogP contribution in [-0.4, -0.2) is 23.2 Å². The van der Waals surface area contributed by atoms with Crippen molar-refractivity contribution in [1.82, 2.24) is 5.32 Å². The molecule has 2 N–H and O–H groups in total. The molecule has 3 saturated carbocycles. The molecule has 0 heterocycles. The van der Waals surface area contributed by atoms with Gasteiger partial charge in [0.25, 0.3) is 0 Å². The molecule has 5 nitrogen and oxygen atoms in total. The lowest BCUT2D eigenvalue weighted by Gasteiger charge is -2.72. The lowest BCUT2D eigenvalue weighted by atomic mass is 9.31. The Morgan fingerprint density at radius 1 is 1.18 bits per heavy atom. The van der Waals surface area contributed by atoms with E-state index < -0.39 is 23.5 Å². The molecule has 6 heteroatoms. The second-order valence-electron chi connectivity index (χ2n) is 8.11. The molecule has 2 aromatic rings. The Hall–Kier alpha value is -2.89. The van der Waals surface area contributed by atoms with Gasteiger partial charge in [0.1, 0.15) is 18.5 Å². The van der Waals surface area contributed by atoms with Crippen molar-refractivity contribution in [3.8, 4) is 0 Å². The van der Waals surface area contributed by atoms with Crippen molar-refractivity contribution < 1.29 is 23.8 Å². The minimum atomic E-state index is -1.06. The molecule has 28 heavy (non-hydrogen) atoms. The fourth-order valence-corrected chi connectivity index (χ4v) is 4.81. The first kappa shape index (κ1) is 18.5. The van der Waals surface area contributed by atoms with Gasteiger partial charge in [-0.3, -0.25) is 0 Å². The van der Waals surface area contributed by atoms with Crippen LogP contribution in [0, 0.1) is 18.2 Å². The SMILES string of the molecule is Cc1cc(C23CC(C(NC(=O)OCc4ccccc4)C(=O)O)(C2)C3)ccc1F. The number of ether oxygens (including phenoxy) is 1. The molecule has 0 spiro atoms. The monoisotopic (exact) mass is 383 g/mol. The summed E-state index contributed by atoms with van der Waals surface area (Å²) < 4.78 is 18.7. The lowest BCUT2D eigenvalue weighted by Crippen LogP contribution is -2.73. The average Bonchev–Trinajstić information content (AvgIpc) is 2.60. The third kappa shape index (κ3) is 3.03. The van der Waals surface area contributed by atoms with Crippen LogP contribution in [0.1, 0.15) is 36.0 Å². The molecular formula is C22H22FNO4. The zero-order valence-corrected chi connectivity index (χ0v) is 15.6. The maximum atomic E-state index is 13.5. The highest BCUT2D eigenvalue weighted by molar-refractivity contribution is 5.82. The molecular weight excluding hydrogens is 361 g/mol. The minimum absolute atomic E-state index is 0.0881. The van der Waals surface area contributed by atoms with E-state index in [9.17, 15) is 19.1 Å². The smallest absolute Gasteiger partial charge is 0.408 e. The summed E-state index contributed by atoms with van der Waals surface area (Å²) in [5, 5.41) is 12.2. The van der Waals surface area contributed by atoms with Gasteiger partial charge in [0.15, 0.2) is 0 Å². The van der Waals surface area contributed by atoms with Gasteiger partial charge in [0.2, 0.25) is 0 Å². The fourth-order valence-electron chi connectivity index (χ4n) is 4.81. The number of nitrogens with one attached hydrogen (secondary N) is 1. The number of carboxylic acids is 1. The highest BCUT2D eigenvalue weighted by atomic mass is 19.1. The summed E-state index contributed by atoms with van der Waals surface area (Å²) in [4.78, 5) is 23.9. The molecule has 1 unspecified atom stereocenters. The molecule has 5 rings (SSSR count). The number of rotatable bonds is 6. The molecule has 2 aromatic carbocycles. The molecule has 0 saturated heterocycles. The number of aryl methyl sites for hydroxylation is 1. The van der Waals surface area contributed by atoms with Crippen LogP contribution in [0.2, 0.25) is 0 Å². The van der Waals surface area contributed by atoms with Crippen molar-refractivity contribution in [2.75, 3.05) is 0 Å². The number of alkyl carbamates (subject to hydrolysis) is 1. The van der Waals surface area contributed by atoms with Crippen molar-refractivity contribution in [3.63, 3.8) is 0 Å². The third-order valence-electron chi connectivity index (χ3n) is 6.18. The number of carbonyl (C=O) groups is 2. The summed E-state index contributed by atoms with van der Waals surface area (Å²) in [5.41, 5.74) is 1.92. The summed E-state index contributed by atoms with van der Waals surface area (Å²) in [6, 6.07) is 13.3. The number of benzene rings is 2. The first-order valence-electron chi connectivity index (χ1n) is 9.30. The predicted molar refractivity (Wildman–Crippen MR) is 100 cm³/mol. The number of aliphatic carboxylic acids is 1. The Morgan fingerprint density at radius 3 is 2.46 bits per heavy atom. The van der Waals surface area contributed by atoms with Crippen molar-refractivity contribution in [3.05, 3.63) is 71.0 Å². The second-order valence-corrected chi connectivity index (χ2v) is 8.11. The number of carbonyl (C=O) groups excluding carboxylic acids is 1. The molecule has 0 radical (unpaired) electrons. The van der Waals surface area contributed by atoms with E-state index in [2.05, 4.69) is 5.32 Å². The number of halogens is 1. The second kappa shape index (κ2) is 6.62. The Morgan fingerprint density at radius 2 is 1.86 bits per heavy atom. The molecule has 3 aliphatic rings. The van der Waals surface area contributed by atoms with Crippen molar-refractivity contribution in [2.24, 2.45) is 5.41 Å². The first-order chi connectivity index (χ1) is 13.3. The summed E-state index contributed by atoms with van der Waals surface area (Å²) in [7, 11) is 0. The van der Waals surface area contributed by atoms with E-state index in [1.54, 1.807) is 13.0 Å². The molecule has 146 valence electrons. The van der Waals surface area contributed by atoms with Gasteiger partial charge < -0.3 is 15.2 Å². The van der Waals surface area contributed by atoms with E-state index in [1.807, 2.05) is 36.4 Å². The summed E-state index contributed by atoms with van der Waals surface area (Å²) >= 11 is 0. The van der Waals surface area contributed by atoms with Crippen molar-refractivity contribution >= 4 is 12.1 Å². The average molecular weight is 383 g/mol. The quantitative estimate of drug-likeness (QED) is 0.792. The molecule has 0 aromatic heterocycles. The Kier molecular flexibility index (Phi) is 4.37. The van der Waals surface area contributed by atoms with Crippen LogP contribution in [0.4, 0.5) is 9.18 Å². The fraction of sp³-hybridized carbons (Fsp3) is 0.364. The van der Waals surface area contributed by atoms with E-state index in [0.29, 0.717) is 24.8 Å². The van der Waals surface area contributed by atoms with Crippen molar-refractivity contribution in [1.29, 1.82) is 0 Å². The maximum absolute atomic E-state index is 13.5. The van der Waals surface area contributed by atoms with Crippen LogP contribution in [0.3, 0.4) is 0 Å². The van der Waals surface area contributed by atoms with Gasteiger partial charge in [0.05, 0.1) is 0 Å². The van der Waals surface area contributed by atoms with E-state index in [-0.39, 0.29) is 17.8 Å². The zero-order chi connectivity index (χ0) is 19.9. The number of hydrogen-bond donors (Lipinski definition) is 2. The molecule has 1 atom stereocenters. The number of hydrogen-bond acceptors (Lipinski definition) is 3. The summed E-state index contributed by atoms with van der Waals surface area (Å²) in [6.45, 7) is 1.81. The molecule has 0 aliphatic heterocycles. The van der Waals surface area contributed by atoms with Gasteiger partial charge >= 0.3 is 12.1 Å². The summed E-state index contributed by atoms with van der Waals surface area (Å²) in [5.74, 6) is -1.29. The number of amides is 1. The molecule has 1 amide bonds. The highest BCUT2D eigenvalue weighted by Gasteiger charge is 2.72. The van der Waals surface area contributed by atoms with Crippen LogP contribution in [0.15, 0.2) is 48.5 Å². The van der Waals surface area contributed by atoms with Gasteiger partial charge in [-0.1, -0.05) is 42.5 Å². The number of carboxylic acid groups (broad SMARTS) is 1. The van der Waals surface area contributed by atoms with Gasteiger partial charge in [-0.25, -0.2) is 14.0 Å². The van der Waals surface area contributed by atoms with Gasteiger partial charge in [-0.2, -0.15) is 0 Å². The lowest BCUT2D eigenvalue weighted by molar-refractivity contribution is -0.183. The normalized spacial score (nSPS) is 25.8. The van der Waals surface area contributed by atoms with E-state index in [0.717, 1.165) is 11.1 Å². The van der Waals surface area contributed by atoms with E-state index in [4.69, 9.17) is 4.74 Å². The van der Waals surface area contributed by atoms with Crippen LogP contribution < -0.4 is 5.32 Å².